The highest BCUT2D eigenvalue weighted by Gasteiger charge is 2.33. The third-order valence-corrected chi connectivity index (χ3v) is 15.6. The maximum Gasteiger partial charge on any atom is 0.379 e. The predicted molar refractivity (Wildman–Crippen MR) is 357 cm³/mol. The molecule has 0 saturated heterocycles. The number of aliphatic hydroxyl groups excluding tert-OH is 1. The van der Waals surface area contributed by atoms with E-state index in [1.54, 1.807) is 76.2 Å². The molecule has 0 spiro atoms. The molecule has 0 aliphatic carbocycles. The highest BCUT2D eigenvalue weighted by Crippen LogP contribution is 2.37. The molecule has 6 heterocycles. The number of nitrogens with zero attached hydrogens (tertiary/aromatic N) is 4. The zero-order valence-electron chi connectivity index (χ0n) is 50.0. The smallest absolute Gasteiger partial charge is 0.379 e. The maximum atomic E-state index is 12.0. The number of carbonyl (C=O) groups is 4. The highest BCUT2D eigenvalue weighted by atomic mass is 35.5. The highest BCUT2D eigenvalue weighted by molar-refractivity contribution is 6.46. The van der Waals surface area contributed by atoms with Crippen LogP contribution in [0.4, 0.5) is 0 Å². The average Bonchev–Trinajstić information content (AvgIpc) is 3.56. The zero-order valence-corrected chi connectivity index (χ0v) is 56.0. The van der Waals surface area contributed by atoms with E-state index in [-0.39, 0.29) is 83.8 Å². The van der Waals surface area contributed by atoms with E-state index >= 15 is 0 Å². The van der Waals surface area contributed by atoms with E-state index in [9.17, 15) is 39.0 Å². The number of aromatic amines is 2. The van der Waals surface area contributed by atoms with Crippen LogP contribution < -0.4 is 11.1 Å². The van der Waals surface area contributed by atoms with Gasteiger partial charge in [-0.25, -0.2) is 34.3 Å². The molecule has 5 N–H and O–H groups in total. The molecule has 492 valence electrons. The molecule has 0 fully saturated rings. The molecule has 0 aromatic carbocycles. The van der Waals surface area contributed by atoms with Crippen LogP contribution in [-0.2, 0) is 33.3 Å². The fourth-order valence-corrected chi connectivity index (χ4v) is 8.99. The Hall–Kier alpha value is -5.58. The Labute approximate surface area is 557 Å². The van der Waals surface area contributed by atoms with Crippen LogP contribution in [0, 0.1) is 96.9 Å². The van der Waals surface area contributed by atoms with Gasteiger partial charge in [0.2, 0.25) is 0 Å². The van der Waals surface area contributed by atoms with Crippen LogP contribution in [0.3, 0.4) is 0 Å². The lowest BCUT2D eigenvalue weighted by Gasteiger charge is -2.27. The molecule has 0 bridgehead atoms. The minimum atomic E-state index is -1.44. The minimum Gasteiger partial charge on any atom is -0.507 e. The Bertz CT molecular complexity index is 3520. The van der Waals surface area contributed by atoms with Crippen LogP contribution in [0.2, 0.25) is 40.7 Å². The number of hydrogen-bond acceptors (Lipinski definition) is 17. The summed E-state index contributed by atoms with van der Waals surface area (Å²) < 4.78 is 19.4. The van der Waals surface area contributed by atoms with E-state index in [1.165, 1.54) is 20.3 Å². The minimum absolute atomic E-state index is 0. The number of rotatable bonds is 7. The molecule has 0 saturated carbocycles. The third kappa shape index (κ3) is 24.0. The van der Waals surface area contributed by atoms with Crippen LogP contribution in [0.5, 0.6) is 11.5 Å². The normalized spacial score (nSPS) is 10.7. The summed E-state index contributed by atoms with van der Waals surface area (Å²) in [6.45, 7) is 29.6. The van der Waals surface area contributed by atoms with Crippen molar-refractivity contribution in [3.05, 3.63) is 163 Å². The zero-order chi connectivity index (χ0) is 65.5. The first-order valence-electron chi connectivity index (χ1n) is 24.7. The molecule has 27 heteroatoms. The summed E-state index contributed by atoms with van der Waals surface area (Å²) in [6.07, 6.45) is -2.38. The van der Waals surface area contributed by atoms with Crippen molar-refractivity contribution in [2.24, 2.45) is 0 Å². The number of halogens is 8. The van der Waals surface area contributed by atoms with E-state index in [0.717, 1.165) is 40.2 Å². The van der Waals surface area contributed by atoms with E-state index < -0.39 is 41.5 Å². The fraction of sp³-hybridized carbons (Fsp3) is 0.443. The number of aromatic hydroxyl groups is 2. The van der Waals surface area contributed by atoms with Gasteiger partial charge < -0.3 is 44.2 Å². The van der Waals surface area contributed by atoms with Crippen molar-refractivity contribution in [1.82, 2.24) is 29.9 Å². The van der Waals surface area contributed by atoms with E-state index in [4.69, 9.17) is 107 Å². The summed E-state index contributed by atoms with van der Waals surface area (Å²) in [7, 11) is 3.62. The predicted octanol–water partition coefficient (Wildman–Crippen LogP) is 16.2. The molecule has 0 unspecified atom stereocenters. The number of carbonyl (C=O) groups excluding carboxylic acids is 4. The Balaban J connectivity index is -0.000000484. The van der Waals surface area contributed by atoms with Gasteiger partial charge in [0.25, 0.3) is 16.9 Å². The number of ketones is 1. The number of H-pyrrole nitrogens is 2. The molecule has 88 heavy (non-hydrogen) atoms. The van der Waals surface area contributed by atoms with Crippen LogP contribution in [0.15, 0.2) is 15.7 Å². The summed E-state index contributed by atoms with van der Waals surface area (Å²) >= 11 is 47.6. The topological polar surface area (TPSA) is 283 Å². The van der Waals surface area contributed by atoms with Crippen LogP contribution in [0.25, 0.3) is 0 Å². The lowest BCUT2D eigenvalue weighted by Crippen LogP contribution is -2.29. The molecule has 0 radical (unpaired) electrons. The van der Waals surface area contributed by atoms with Gasteiger partial charge in [-0.1, -0.05) is 123 Å². The van der Waals surface area contributed by atoms with Crippen molar-refractivity contribution in [3.8, 4) is 11.5 Å². The number of aliphatic hydroxyl groups is 1. The summed E-state index contributed by atoms with van der Waals surface area (Å²) in [6, 6.07) is 1.52. The van der Waals surface area contributed by atoms with Crippen molar-refractivity contribution >= 4 is 116 Å². The molecule has 0 aliphatic rings. The van der Waals surface area contributed by atoms with Crippen molar-refractivity contribution in [3.63, 3.8) is 0 Å². The molecular weight excluding hydrogens is 1310 g/mol. The van der Waals surface area contributed by atoms with Crippen molar-refractivity contribution in [1.29, 1.82) is 0 Å². The average molecular weight is 1390 g/mol. The van der Waals surface area contributed by atoms with Crippen LogP contribution >= 0.6 is 92.8 Å². The van der Waals surface area contributed by atoms with Gasteiger partial charge in [0.05, 0.1) is 69.4 Å². The molecule has 6 rings (SSSR count). The molecule has 0 amide bonds. The van der Waals surface area contributed by atoms with E-state index in [0.29, 0.717) is 71.5 Å². The lowest BCUT2D eigenvalue weighted by molar-refractivity contribution is -0.164. The number of aromatic nitrogens is 6. The van der Waals surface area contributed by atoms with Crippen molar-refractivity contribution in [2.75, 3.05) is 21.3 Å². The molecule has 6 aromatic rings. The van der Waals surface area contributed by atoms with E-state index in [1.807, 2.05) is 41.5 Å². The number of nitrogens with one attached hydrogen (secondary N) is 2. The molecular formula is C61H84Cl8N6O13. The lowest BCUT2D eigenvalue weighted by atomic mass is 10.0. The van der Waals surface area contributed by atoms with Gasteiger partial charge in [-0.05, 0) is 129 Å². The second-order valence-corrected chi connectivity index (χ2v) is 22.3. The van der Waals surface area contributed by atoms with Crippen molar-refractivity contribution in [2.45, 2.75) is 165 Å². The van der Waals surface area contributed by atoms with Gasteiger partial charge in [0.1, 0.15) is 32.1 Å². The first kappa shape index (κ1) is 88.8. The van der Waals surface area contributed by atoms with Crippen LogP contribution in [0.1, 0.15) is 163 Å². The second-order valence-electron chi connectivity index (χ2n) is 19.4. The molecule has 2 atom stereocenters. The Kier molecular flexibility index (Phi) is 39.2. The first-order valence-corrected chi connectivity index (χ1v) is 27.8. The maximum absolute atomic E-state index is 12.0. The second kappa shape index (κ2) is 38.9. The summed E-state index contributed by atoms with van der Waals surface area (Å²) in [4.78, 5) is 89.3. The first-order chi connectivity index (χ1) is 38.6. The van der Waals surface area contributed by atoms with Gasteiger partial charge in [0, 0.05) is 67.4 Å². The quantitative estimate of drug-likeness (QED) is 0.0326. The number of esters is 3. The Morgan fingerprint density at radius 1 is 0.489 bits per heavy atom. The van der Waals surface area contributed by atoms with Crippen molar-refractivity contribution < 1.29 is 53.4 Å². The van der Waals surface area contributed by atoms with Gasteiger partial charge in [0.15, 0.2) is 12.2 Å². The van der Waals surface area contributed by atoms with Gasteiger partial charge in [-0.15, -0.1) is 0 Å². The van der Waals surface area contributed by atoms with Gasteiger partial charge in [-0.3, -0.25) is 14.4 Å². The van der Waals surface area contributed by atoms with Crippen LogP contribution in [-0.4, -0.2) is 95.8 Å². The Morgan fingerprint density at radius 2 is 0.875 bits per heavy atom. The number of methoxy groups -OCH3 is 3. The third-order valence-electron chi connectivity index (χ3n) is 12.1. The number of pyridine rings is 6. The summed E-state index contributed by atoms with van der Waals surface area (Å²) in [5.74, 6) is -2.94. The SMILES string of the molecule is C.C.C.C.COC(=O)C(=O)c1c(C)nc(Cl)c(C)c1Cl.COC(=O)[C@@H](O)c1c(C)nc(Cl)c(C)c1Cl.COC(=O)[C@@H](OC(C)(C)C)c1c(C)nc(Cl)c(C)c1Cl.Cc1[nH]c(=O)c(C)c(O)c1C.Cc1cc(O)c(C)c(=O)[nH]1.Cc1nc(Cl)c(C)c(Cl)c1C. The number of aryl methyl sites for hydroxylation is 6. The summed E-state index contributed by atoms with van der Waals surface area (Å²) in [5.41, 5.74) is 8.27. The fourth-order valence-electron chi connectivity index (χ4n) is 6.71. The number of hydrogen-bond donors (Lipinski definition) is 5. The molecule has 6 aromatic heterocycles. The standard InChI is InChI=1S/C14H19Cl2NO3.C10H11Cl2NO3.C10H9Cl2NO3.C8H9Cl2N.C8H11NO2.C7H9NO2.4CH4/c1-7-10(15)9(8(2)17-12(7)16)11(13(18)19-6)20-14(3,4)5;2*1-4-7(11)6(5(2)13-9(4)12)8(14)10(15)16-3;1-4-6(3)11-8(10)5(2)7(4)9;1-4-6(3)9-8(11)5(2)7(4)10;1-4-3-6(9)5(2)7(10)8-4;;;;/h11H,1-6H3;8,14H,1-3H3;1-3H3;1-3H3;1-3H3,(H2,9,10,11);3H,1-2H3,(H2,8,9,10);4*1H4/t11-;8-;;;;;;;;/m00......../s1. The number of ether oxygens (including phenoxy) is 4. The van der Waals surface area contributed by atoms with Gasteiger partial charge in [-0.2, -0.15) is 0 Å². The monoisotopic (exact) mass is 1390 g/mol. The molecule has 0 aliphatic heterocycles. The Morgan fingerprint density at radius 3 is 1.30 bits per heavy atom. The largest absolute Gasteiger partial charge is 0.507 e. The number of Topliss-reactive ketones (excluding diaryl/α,β-unsaturated/α-hetero) is 1. The van der Waals surface area contributed by atoms with E-state index in [2.05, 4.69) is 39.4 Å². The molecule has 19 nitrogen and oxygen atoms in total. The summed E-state index contributed by atoms with van der Waals surface area (Å²) in [5, 5.41) is 30.9. The van der Waals surface area contributed by atoms with Gasteiger partial charge >= 0.3 is 17.9 Å².